The molecule has 0 fully saturated rings. The van der Waals surface area contributed by atoms with E-state index >= 15 is 0 Å². The van der Waals surface area contributed by atoms with E-state index in [1.54, 1.807) is 6.08 Å². The minimum absolute atomic E-state index is 0.00866. The van der Waals surface area contributed by atoms with Crippen LogP contribution >= 0.6 is 12.2 Å². The number of H-pyrrole nitrogens is 2. The van der Waals surface area contributed by atoms with Crippen molar-refractivity contribution in [1.82, 2.24) is 9.97 Å². The summed E-state index contributed by atoms with van der Waals surface area (Å²) in [4.78, 5) is 18.2. The smallest absolute Gasteiger partial charge is 0.174 e. The van der Waals surface area contributed by atoms with Gasteiger partial charge in [0.1, 0.15) is 0 Å². The van der Waals surface area contributed by atoms with Crippen molar-refractivity contribution in [2.45, 2.75) is 19.8 Å². The summed E-state index contributed by atoms with van der Waals surface area (Å²) in [6.45, 7) is 5.68. The minimum Gasteiger partial charge on any atom is -0.337 e. The Morgan fingerprint density at radius 1 is 1.61 bits per heavy atom. The zero-order chi connectivity index (χ0) is 13.1. The average Bonchev–Trinajstić information content (AvgIpc) is 2.86. The Kier molecular flexibility index (Phi) is 3.77. The third kappa shape index (κ3) is 2.43. The van der Waals surface area contributed by atoms with Crippen molar-refractivity contribution < 1.29 is 4.79 Å². The van der Waals surface area contributed by atoms with Crippen molar-refractivity contribution in [2.75, 3.05) is 0 Å². The Morgan fingerprint density at radius 3 is 2.94 bits per heavy atom. The number of hydrogen-bond donors (Lipinski definition) is 2. The van der Waals surface area contributed by atoms with Crippen molar-refractivity contribution in [3.63, 3.8) is 0 Å². The Hall–Kier alpha value is -1.68. The van der Waals surface area contributed by atoms with Crippen LogP contribution in [0.15, 0.2) is 42.2 Å². The van der Waals surface area contributed by atoms with E-state index < -0.39 is 0 Å². The second-order valence-electron chi connectivity index (χ2n) is 4.38. The molecule has 94 valence electrons. The number of imidazole rings is 1. The fourth-order valence-corrected chi connectivity index (χ4v) is 2.54. The molecule has 0 aromatic carbocycles. The predicted octanol–water partition coefficient (Wildman–Crippen LogP) is 3.26. The fourth-order valence-electron chi connectivity index (χ4n) is 2.35. The summed E-state index contributed by atoms with van der Waals surface area (Å²) >= 11 is 4.98. The Morgan fingerprint density at radius 2 is 2.39 bits per heavy atom. The average molecular weight is 260 g/mol. The van der Waals surface area contributed by atoms with E-state index in [1.165, 1.54) is 0 Å². The second kappa shape index (κ2) is 5.31. The molecule has 0 bridgehead atoms. The molecular formula is C14H16N2OS. The van der Waals surface area contributed by atoms with Gasteiger partial charge in [-0.1, -0.05) is 24.8 Å². The maximum atomic E-state index is 12.2. The molecule has 0 saturated carbocycles. The summed E-state index contributed by atoms with van der Waals surface area (Å²) in [5.74, 6) is 0.171. The quantitative estimate of drug-likeness (QED) is 0.816. The zero-order valence-electron chi connectivity index (χ0n) is 10.3. The van der Waals surface area contributed by atoms with E-state index in [1.807, 2.05) is 25.3 Å². The van der Waals surface area contributed by atoms with Gasteiger partial charge in [0, 0.05) is 23.4 Å². The Bertz CT molecular complexity index is 589. The standard InChI is InChI=1S/C14H16N2OS/c1-3-5-9-6-10(13(17)12(9)4-2)7-11-8-15-14(18)16-11/h3-5,8,10H,2,6-7H2,1H3,(H2,15,16,18)/b5-3-. The molecule has 0 spiro atoms. The molecule has 1 aromatic heterocycles. The highest BCUT2D eigenvalue weighted by Crippen LogP contribution is 2.31. The number of Topliss-reactive ketones (excluding diaryl/α,β-unsaturated/α-hetero) is 1. The molecule has 1 aromatic rings. The zero-order valence-corrected chi connectivity index (χ0v) is 11.1. The highest BCUT2D eigenvalue weighted by Gasteiger charge is 2.30. The van der Waals surface area contributed by atoms with Gasteiger partial charge in [0.25, 0.3) is 0 Å². The molecule has 2 N–H and O–H groups in total. The maximum absolute atomic E-state index is 12.2. The molecule has 18 heavy (non-hydrogen) atoms. The number of nitrogens with one attached hydrogen (secondary N) is 2. The predicted molar refractivity (Wildman–Crippen MR) is 74.8 cm³/mol. The number of hydrogen-bond acceptors (Lipinski definition) is 2. The van der Waals surface area contributed by atoms with E-state index in [9.17, 15) is 4.79 Å². The molecule has 2 rings (SSSR count). The number of rotatable bonds is 4. The number of allylic oxidation sites excluding steroid dienone is 5. The van der Waals surface area contributed by atoms with Gasteiger partial charge in [0.15, 0.2) is 10.6 Å². The summed E-state index contributed by atoms with van der Waals surface area (Å²) in [7, 11) is 0. The molecule has 1 heterocycles. The number of aromatic amines is 2. The lowest BCUT2D eigenvalue weighted by Gasteiger charge is -2.06. The van der Waals surface area contributed by atoms with Crippen LogP contribution in [-0.4, -0.2) is 15.8 Å². The highest BCUT2D eigenvalue weighted by molar-refractivity contribution is 7.71. The summed E-state index contributed by atoms with van der Waals surface area (Å²) in [6, 6.07) is 0. The molecule has 0 radical (unpaired) electrons. The molecule has 0 aliphatic heterocycles. The second-order valence-corrected chi connectivity index (χ2v) is 4.79. The molecule has 1 aliphatic carbocycles. The van der Waals surface area contributed by atoms with Crippen molar-refractivity contribution >= 4 is 18.0 Å². The van der Waals surface area contributed by atoms with Crippen LogP contribution in [0, 0.1) is 10.7 Å². The van der Waals surface area contributed by atoms with Gasteiger partial charge in [-0.3, -0.25) is 4.79 Å². The monoisotopic (exact) mass is 260 g/mol. The van der Waals surface area contributed by atoms with Crippen LogP contribution in [0.2, 0.25) is 0 Å². The van der Waals surface area contributed by atoms with Crippen LogP contribution in [-0.2, 0) is 11.2 Å². The SMILES string of the molecule is C=CC1=C(/C=C\C)CC(Cc2c[nH]c(=S)[nH]2)C1=O. The van der Waals surface area contributed by atoms with Gasteiger partial charge in [-0.2, -0.15) is 0 Å². The first kappa shape index (κ1) is 12.8. The van der Waals surface area contributed by atoms with Crippen molar-refractivity contribution in [3.8, 4) is 0 Å². The third-order valence-electron chi connectivity index (χ3n) is 3.14. The van der Waals surface area contributed by atoms with Crippen LogP contribution in [0.1, 0.15) is 19.0 Å². The van der Waals surface area contributed by atoms with E-state index in [0.29, 0.717) is 11.2 Å². The molecule has 0 amide bonds. The summed E-state index contributed by atoms with van der Waals surface area (Å²) in [5.41, 5.74) is 2.81. The lowest BCUT2D eigenvalue weighted by molar-refractivity contribution is -0.118. The molecule has 1 atom stereocenters. The van der Waals surface area contributed by atoms with Gasteiger partial charge in [-0.05, 0) is 37.6 Å². The third-order valence-corrected chi connectivity index (χ3v) is 3.36. The van der Waals surface area contributed by atoms with Crippen molar-refractivity contribution in [1.29, 1.82) is 0 Å². The molecule has 4 heteroatoms. The fraction of sp³-hybridized carbons (Fsp3) is 0.286. The van der Waals surface area contributed by atoms with E-state index in [4.69, 9.17) is 12.2 Å². The Labute approximate surface area is 111 Å². The molecule has 1 unspecified atom stereocenters. The lowest BCUT2D eigenvalue weighted by atomic mass is 9.98. The van der Waals surface area contributed by atoms with Gasteiger partial charge >= 0.3 is 0 Å². The normalized spacial score (nSPS) is 20.1. The van der Waals surface area contributed by atoms with E-state index in [0.717, 1.165) is 23.3 Å². The van der Waals surface area contributed by atoms with Gasteiger partial charge in [-0.15, -0.1) is 0 Å². The highest BCUT2D eigenvalue weighted by atomic mass is 32.1. The number of aromatic nitrogens is 2. The summed E-state index contributed by atoms with van der Waals surface area (Å²) < 4.78 is 0.598. The minimum atomic E-state index is -0.00866. The topological polar surface area (TPSA) is 48.6 Å². The van der Waals surface area contributed by atoms with Gasteiger partial charge in [0.05, 0.1) is 0 Å². The first-order valence-corrected chi connectivity index (χ1v) is 6.35. The molecule has 0 saturated heterocycles. The molecular weight excluding hydrogens is 244 g/mol. The van der Waals surface area contributed by atoms with E-state index in [-0.39, 0.29) is 11.7 Å². The van der Waals surface area contributed by atoms with Crippen LogP contribution in [0.5, 0.6) is 0 Å². The Balaban J connectivity index is 2.18. The van der Waals surface area contributed by atoms with Gasteiger partial charge < -0.3 is 9.97 Å². The van der Waals surface area contributed by atoms with Crippen molar-refractivity contribution in [2.24, 2.45) is 5.92 Å². The number of ketones is 1. The van der Waals surface area contributed by atoms with Crippen LogP contribution in [0.4, 0.5) is 0 Å². The van der Waals surface area contributed by atoms with Gasteiger partial charge in [-0.25, -0.2) is 0 Å². The van der Waals surface area contributed by atoms with Crippen LogP contribution < -0.4 is 0 Å². The van der Waals surface area contributed by atoms with Crippen LogP contribution in [0.3, 0.4) is 0 Å². The number of carbonyl (C=O) groups is 1. The van der Waals surface area contributed by atoms with Gasteiger partial charge in [0.2, 0.25) is 0 Å². The summed E-state index contributed by atoms with van der Waals surface area (Å²) in [5, 5.41) is 0. The first-order chi connectivity index (χ1) is 8.65. The molecule has 3 nitrogen and oxygen atoms in total. The first-order valence-electron chi connectivity index (χ1n) is 5.94. The lowest BCUT2D eigenvalue weighted by Crippen LogP contribution is -2.12. The maximum Gasteiger partial charge on any atom is 0.174 e. The van der Waals surface area contributed by atoms with Crippen molar-refractivity contribution in [3.05, 3.63) is 52.6 Å². The van der Waals surface area contributed by atoms with E-state index in [2.05, 4.69) is 16.5 Å². The van der Waals surface area contributed by atoms with Crippen LogP contribution in [0.25, 0.3) is 0 Å². The largest absolute Gasteiger partial charge is 0.337 e. The molecule has 1 aliphatic rings. The summed E-state index contributed by atoms with van der Waals surface area (Å²) in [6.07, 6.45) is 8.90. The number of carbonyl (C=O) groups excluding carboxylic acids is 1.